The van der Waals surface area contributed by atoms with Crippen LogP contribution in [0.2, 0.25) is 0 Å². The molecule has 0 aromatic heterocycles. The maximum absolute atomic E-state index is 5.39. The molecule has 2 fully saturated rings. The quantitative estimate of drug-likeness (QED) is 0.694. The maximum Gasteiger partial charge on any atom is 0.0469 e. The first-order valence-corrected chi connectivity index (χ1v) is 7.90. The van der Waals surface area contributed by atoms with Crippen molar-refractivity contribution in [1.82, 2.24) is 5.32 Å². The van der Waals surface area contributed by atoms with Crippen LogP contribution in [0.5, 0.6) is 0 Å². The molecule has 0 spiro atoms. The van der Waals surface area contributed by atoms with Gasteiger partial charge in [-0.25, -0.2) is 0 Å². The normalized spacial score (nSPS) is 24.6. The standard InChI is InChI=1S/C13H25NOS/c1-11(13-4-7-15-8-5-13)14-6-9-16-10-12-2-3-12/h11-14H,2-10H2,1H3. The van der Waals surface area contributed by atoms with Crippen LogP contribution in [-0.2, 0) is 4.74 Å². The summed E-state index contributed by atoms with van der Waals surface area (Å²) in [6.07, 6.45) is 5.45. The van der Waals surface area contributed by atoms with Crippen LogP contribution in [0, 0.1) is 11.8 Å². The molecule has 0 bridgehead atoms. The van der Waals surface area contributed by atoms with Crippen molar-refractivity contribution in [3.63, 3.8) is 0 Å². The van der Waals surface area contributed by atoms with Crippen LogP contribution in [-0.4, -0.2) is 37.3 Å². The van der Waals surface area contributed by atoms with Crippen LogP contribution in [0.4, 0.5) is 0 Å². The van der Waals surface area contributed by atoms with Gasteiger partial charge in [-0.05, 0) is 50.2 Å². The Hall–Kier alpha value is 0.270. The van der Waals surface area contributed by atoms with E-state index >= 15 is 0 Å². The number of ether oxygens (including phenoxy) is 1. The molecule has 3 heteroatoms. The first-order chi connectivity index (χ1) is 7.86. The molecule has 0 radical (unpaired) electrons. The molecule has 2 rings (SSSR count). The predicted octanol–water partition coefficient (Wildman–Crippen LogP) is 2.53. The molecular weight excluding hydrogens is 218 g/mol. The fourth-order valence-corrected chi connectivity index (χ4v) is 3.37. The van der Waals surface area contributed by atoms with Crippen molar-refractivity contribution in [2.45, 2.75) is 38.6 Å². The van der Waals surface area contributed by atoms with Crippen molar-refractivity contribution < 1.29 is 4.74 Å². The number of thioether (sulfide) groups is 1. The third kappa shape index (κ3) is 4.64. The van der Waals surface area contributed by atoms with Gasteiger partial charge in [-0.3, -0.25) is 0 Å². The van der Waals surface area contributed by atoms with Crippen molar-refractivity contribution >= 4 is 11.8 Å². The van der Waals surface area contributed by atoms with E-state index in [0.29, 0.717) is 6.04 Å². The second kappa shape index (κ2) is 6.87. The largest absolute Gasteiger partial charge is 0.381 e. The molecule has 2 nitrogen and oxygen atoms in total. The van der Waals surface area contributed by atoms with Crippen LogP contribution >= 0.6 is 11.8 Å². The number of hydrogen-bond acceptors (Lipinski definition) is 3. The zero-order valence-corrected chi connectivity index (χ0v) is 11.2. The Labute approximate surface area is 104 Å². The molecule has 0 aromatic rings. The number of nitrogens with one attached hydrogen (secondary N) is 1. The maximum atomic E-state index is 5.39. The second-order valence-electron chi connectivity index (χ2n) is 5.21. The van der Waals surface area contributed by atoms with Gasteiger partial charge in [0.2, 0.25) is 0 Å². The van der Waals surface area contributed by atoms with Crippen molar-refractivity contribution in [3.05, 3.63) is 0 Å². The highest BCUT2D eigenvalue weighted by Gasteiger charge is 2.21. The zero-order valence-electron chi connectivity index (χ0n) is 10.4. The average molecular weight is 243 g/mol. The molecule has 16 heavy (non-hydrogen) atoms. The highest BCUT2D eigenvalue weighted by molar-refractivity contribution is 7.99. The Bertz CT molecular complexity index is 190. The summed E-state index contributed by atoms with van der Waals surface area (Å²) < 4.78 is 5.39. The molecule has 1 aliphatic heterocycles. The van der Waals surface area contributed by atoms with Crippen LogP contribution in [0.3, 0.4) is 0 Å². The smallest absolute Gasteiger partial charge is 0.0469 e. The van der Waals surface area contributed by atoms with Crippen LogP contribution in [0.1, 0.15) is 32.6 Å². The molecule has 2 aliphatic rings. The van der Waals surface area contributed by atoms with Gasteiger partial charge in [-0.1, -0.05) is 0 Å². The summed E-state index contributed by atoms with van der Waals surface area (Å²) in [7, 11) is 0. The third-order valence-corrected chi connectivity index (χ3v) is 4.94. The lowest BCUT2D eigenvalue weighted by Gasteiger charge is -2.28. The van der Waals surface area contributed by atoms with Crippen LogP contribution in [0.25, 0.3) is 0 Å². The van der Waals surface area contributed by atoms with Crippen molar-refractivity contribution in [3.8, 4) is 0 Å². The SMILES string of the molecule is CC(NCCSCC1CC1)C1CCOCC1. The molecule has 0 amide bonds. The monoisotopic (exact) mass is 243 g/mol. The molecule has 1 aliphatic carbocycles. The molecule has 1 saturated heterocycles. The Morgan fingerprint density at radius 2 is 2.00 bits per heavy atom. The van der Waals surface area contributed by atoms with Gasteiger partial charge in [0.25, 0.3) is 0 Å². The Morgan fingerprint density at radius 3 is 2.69 bits per heavy atom. The van der Waals surface area contributed by atoms with Crippen LogP contribution in [0.15, 0.2) is 0 Å². The Balaban J connectivity index is 1.47. The first-order valence-electron chi connectivity index (χ1n) is 6.75. The summed E-state index contributed by atoms with van der Waals surface area (Å²) in [4.78, 5) is 0. The van der Waals surface area contributed by atoms with Crippen molar-refractivity contribution in [1.29, 1.82) is 0 Å². The van der Waals surface area contributed by atoms with Gasteiger partial charge in [0.05, 0.1) is 0 Å². The summed E-state index contributed by atoms with van der Waals surface area (Å²) in [5.74, 6) is 4.58. The minimum atomic E-state index is 0.672. The lowest BCUT2D eigenvalue weighted by Crippen LogP contribution is -2.37. The summed E-state index contributed by atoms with van der Waals surface area (Å²) in [6, 6.07) is 0.672. The molecule has 1 atom stereocenters. The van der Waals surface area contributed by atoms with E-state index in [9.17, 15) is 0 Å². The predicted molar refractivity (Wildman–Crippen MR) is 71.1 cm³/mol. The van der Waals surface area contributed by atoms with E-state index < -0.39 is 0 Å². The minimum absolute atomic E-state index is 0.672. The molecule has 1 saturated carbocycles. The van der Waals surface area contributed by atoms with Gasteiger partial charge in [-0.2, -0.15) is 11.8 Å². The topological polar surface area (TPSA) is 21.3 Å². The lowest BCUT2D eigenvalue weighted by atomic mass is 9.93. The average Bonchev–Trinajstić information content (AvgIpc) is 3.13. The van der Waals surface area contributed by atoms with E-state index in [-0.39, 0.29) is 0 Å². The van der Waals surface area contributed by atoms with Crippen LogP contribution < -0.4 is 5.32 Å². The molecule has 1 unspecified atom stereocenters. The van der Waals surface area contributed by atoms with Crippen molar-refractivity contribution in [2.24, 2.45) is 11.8 Å². The van der Waals surface area contributed by atoms with Gasteiger partial charge in [0.15, 0.2) is 0 Å². The van der Waals surface area contributed by atoms with Gasteiger partial charge in [0.1, 0.15) is 0 Å². The summed E-state index contributed by atoms with van der Waals surface area (Å²) in [6.45, 7) is 5.44. The summed E-state index contributed by atoms with van der Waals surface area (Å²) in [5, 5.41) is 3.67. The van der Waals surface area contributed by atoms with Gasteiger partial charge in [0, 0.05) is 31.6 Å². The molecule has 1 heterocycles. The lowest BCUT2D eigenvalue weighted by molar-refractivity contribution is 0.0563. The van der Waals surface area contributed by atoms with Crippen molar-refractivity contribution in [2.75, 3.05) is 31.3 Å². The molecule has 0 aromatic carbocycles. The fraction of sp³-hybridized carbons (Fsp3) is 1.00. The summed E-state index contributed by atoms with van der Waals surface area (Å²) >= 11 is 2.13. The second-order valence-corrected chi connectivity index (χ2v) is 6.36. The number of rotatable bonds is 7. The molecule has 94 valence electrons. The zero-order chi connectivity index (χ0) is 11.2. The molecular formula is C13H25NOS. The van der Waals surface area contributed by atoms with E-state index in [1.165, 1.54) is 43.7 Å². The Morgan fingerprint density at radius 1 is 1.25 bits per heavy atom. The summed E-state index contributed by atoms with van der Waals surface area (Å²) in [5.41, 5.74) is 0. The van der Waals surface area contributed by atoms with E-state index in [4.69, 9.17) is 4.74 Å². The fourth-order valence-electron chi connectivity index (χ4n) is 2.28. The van der Waals surface area contributed by atoms with Gasteiger partial charge >= 0.3 is 0 Å². The van der Waals surface area contributed by atoms with E-state index in [1.807, 2.05) is 0 Å². The van der Waals surface area contributed by atoms with E-state index in [0.717, 1.165) is 25.0 Å². The van der Waals surface area contributed by atoms with E-state index in [1.54, 1.807) is 0 Å². The number of hydrogen-bond donors (Lipinski definition) is 1. The molecule has 1 N–H and O–H groups in total. The minimum Gasteiger partial charge on any atom is -0.381 e. The third-order valence-electron chi connectivity index (χ3n) is 3.74. The Kier molecular flexibility index (Phi) is 5.46. The van der Waals surface area contributed by atoms with Gasteiger partial charge < -0.3 is 10.1 Å². The highest BCUT2D eigenvalue weighted by Crippen LogP contribution is 2.32. The van der Waals surface area contributed by atoms with E-state index in [2.05, 4.69) is 24.0 Å². The highest BCUT2D eigenvalue weighted by atomic mass is 32.2. The first kappa shape index (κ1) is 12.7. The van der Waals surface area contributed by atoms with Gasteiger partial charge in [-0.15, -0.1) is 0 Å².